The molecule has 1 heterocycles. The number of benzene rings is 1. The van der Waals surface area contributed by atoms with Crippen LogP contribution in [0.2, 0.25) is 0 Å². The van der Waals surface area contributed by atoms with Crippen molar-refractivity contribution in [3.8, 4) is 5.75 Å². The Kier molecular flexibility index (Phi) is 6.87. The minimum Gasteiger partial charge on any atom is -0.495 e. The van der Waals surface area contributed by atoms with Gasteiger partial charge < -0.3 is 10.1 Å². The van der Waals surface area contributed by atoms with Crippen LogP contribution in [0.15, 0.2) is 23.1 Å². The van der Waals surface area contributed by atoms with E-state index in [1.807, 2.05) is 0 Å². The Balaban J connectivity index is 2.21. The predicted molar refractivity (Wildman–Crippen MR) is 103 cm³/mol. The number of hydrogen-bond donors (Lipinski definition) is 1. The zero-order valence-electron chi connectivity index (χ0n) is 15.8. The molecule has 1 atom stereocenters. The highest BCUT2D eigenvalue weighted by molar-refractivity contribution is 7.91. The van der Waals surface area contributed by atoms with Gasteiger partial charge in [-0.2, -0.15) is 4.31 Å². The summed E-state index contributed by atoms with van der Waals surface area (Å²) in [5.74, 6) is -0.142. The lowest BCUT2D eigenvalue weighted by molar-refractivity contribution is -0.116. The summed E-state index contributed by atoms with van der Waals surface area (Å²) in [6.45, 7) is 4.18. The monoisotopic (exact) mass is 418 g/mol. The van der Waals surface area contributed by atoms with Crippen molar-refractivity contribution < 1.29 is 26.4 Å². The van der Waals surface area contributed by atoms with Crippen LogP contribution in [-0.4, -0.2) is 58.8 Å². The standard InChI is InChI=1S/C17H26N2O6S2/c1-4-19(5-2)27(23,24)14-6-7-16(25-3)15(11-14)18-17(20)10-13-8-9-26(21,22)12-13/h6-7,11,13H,4-5,8-10,12H2,1-3H3,(H,18,20). The van der Waals surface area contributed by atoms with Crippen molar-refractivity contribution >= 4 is 31.5 Å². The summed E-state index contributed by atoms with van der Waals surface area (Å²) in [6.07, 6.45) is 0.526. The molecule has 0 bridgehead atoms. The highest BCUT2D eigenvalue weighted by Crippen LogP contribution is 2.30. The first-order valence-corrected chi connectivity index (χ1v) is 12.1. The zero-order chi connectivity index (χ0) is 20.2. The van der Waals surface area contributed by atoms with Crippen LogP contribution in [0.4, 0.5) is 5.69 Å². The van der Waals surface area contributed by atoms with Crippen LogP contribution in [0.1, 0.15) is 26.7 Å². The number of amides is 1. The average Bonchev–Trinajstić information content (AvgIpc) is 2.93. The Hall–Kier alpha value is -1.65. The summed E-state index contributed by atoms with van der Waals surface area (Å²) in [5.41, 5.74) is 0.247. The molecule has 0 radical (unpaired) electrons. The fourth-order valence-electron chi connectivity index (χ4n) is 3.15. The Bertz CT molecular complexity index is 892. The molecule has 8 nitrogen and oxygen atoms in total. The van der Waals surface area contributed by atoms with Gasteiger partial charge >= 0.3 is 0 Å². The Morgan fingerprint density at radius 3 is 2.48 bits per heavy atom. The Labute approximate surface area is 160 Å². The van der Waals surface area contributed by atoms with E-state index in [1.54, 1.807) is 13.8 Å². The average molecular weight is 419 g/mol. The summed E-state index contributed by atoms with van der Waals surface area (Å²) >= 11 is 0. The summed E-state index contributed by atoms with van der Waals surface area (Å²) in [7, 11) is -5.31. The number of nitrogens with one attached hydrogen (secondary N) is 1. The van der Waals surface area contributed by atoms with Crippen molar-refractivity contribution in [3.05, 3.63) is 18.2 Å². The van der Waals surface area contributed by atoms with Crippen LogP contribution in [0, 0.1) is 5.92 Å². The quantitative estimate of drug-likeness (QED) is 0.685. The maximum Gasteiger partial charge on any atom is 0.243 e. The molecule has 1 saturated heterocycles. The molecule has 10 heteroatoms. The number of rotatable bonds is 8. The Morgan fingerprint density at radius 1 is 1.30 bits per heavy atom. The molecule has 1 N–H and O–H groups in total. The fraction of sp³-hybridized carbons (Fsp3) is 0.588. The van der Waals surface area contributed by atoms with Crippen LogP contribution in [-0.2, 0) is 24.7 Å². The molecule has 1 aromatic carbocycles. The van der Waals surface area contributed by atoms with Crippen LogP contribution >= 0.6 is 0 Å². The van der Waals surface area contributed by atoms with Crippen molar-refractivity contribution in [2.45, 2.75) is 31.6 Å². The van der Waals surface area contributed by atoms with E-state index in [9.17, 15) is 21.6 Å². The molecule has 0 spiro atoms. The number of methoxy groups -OCH3 is 1. The number of nitrogens with zero attached hydrogens (tertiary/aromatic N) is 1. The highest BCUT2D eigenvalue weighted by Gasteiger charge is 2.30. The minimum absolute atomic E-state index is 0.00787. The maximum absolute atomic E-state index is 12.7. The van der Waals surface area contributed by atoms with Crippen LogP contribution < -0.4 is 10.1 Å². The topological polar surface area (TPSA) is 110 Å². The predicted octanol–water partition coefficient (Wildman–Crippen LogP) is 1.49. The van der Waals surface area contributed by atoms with Gasteiger partial charge in [0, 0.05) is 19.5 Å². The third-order valence-corrected chi connectivity index (χ3v) is 8.47. The maximum atomic E-state index is 12.7. The van der Waals surface area contributed by atoms with Crippen molar-refractivity contribution in [1.29, 1.82) is 0 Å². The van der Waals surface area contributed by atoms with Gasteiger partial charge in [-0.05, 0) is 30.5 Å². The van der Waals surface area contributed by atoms with Gasteiger partial charge in [0.15, 0.2) is 9.84 Å². The second-order valence-electron chi connectivity index (χ2n) is 6.47. The van der Waals surface area contributed by atoms with Gasteiger partial charge in [0.2, 0.25) is 15.9 Å². The first-order chi connectivity index (χ1) is 12.6. The molecule has 1 aliphatic heterocycles. The van der Waals surface area contributed by atoms with Crippen LogP contribution in [0.3, 0.4) is 0 Å². The van der Waals surface area contributed by atoms with E-state index in [-0.39, 0.29) is 40.3 Å². The van der Waals surface area contributed by atoms with Crippen molar-refractivity contribution in [2.75, 3.05) is 37.0 Å². The van der Waals surface area contributed by atoms with Crippen LogP contribution in [0.25, 0.3) is 0 Å². The molecule has 1 amide bonds. The van der Waals surface area contributed by atoms with E-state index in [2.05, 4.69) is 5.32 Å². The lowest BCUT2D eigenvalue weighted by Gasteiger charge is -2.20. The lowest BCUT2D eigenvalue weighted by Crippen LogP contribution is -2.30. The molecule has 0 saturated carbocycles. The van der Waals surface area contributed by atoms with Crippen molar-refractivity contribution in [1.82, 2.24) is 4.31 Å². The molecule has 152 valence electrons. The van der Waals surface area contributed by atoms with Gasteiger partial charge in [-0.15, -0.1) is 0 Å². The van der Waals surface area contributed by atoms with Gasteiger partial charge in [-0.25, -0.2) is 16.8 Å². The van der Waals surface area contributed by atoms with Crippen molar-refractivity contribution in [3.63, 3.8) is 0 Å². The van der Waals surface area contributed by atoms with Gasteiger partial charge in [-0.3, -0.25) is 4.79 Å². The molecule has 1 aliphatic rings. The first kappa shape index (κ1) is 21.6. The third kappa shape index (κ3) is 5.20. The number of carbonyl (C=O) groups is 1. The minimum atomic E-state index is -3.68. The summed E-state index contributed by atoms with van der Waals surface area (Å²) < 4.78 is 55.0. The number of carbonyl (C=O) groups excluding carboxylic acids is 1. The molecular formula is C17H26N2O6S2. The summed E-state index contributed by atoms with van der Waals surface area (Å²) in [4.78, 5) is 12.4. The van der Waals surface area contributed by atoms with Gasteiger partial charge in [-0.1, -0.05) is 13.8 Å². The van der Waals surface area contributed by atoms with Crippen molar-refractivity contribution in [2.24, 2.45) is 5.92 Å². The third-order valence-electron chi connectivity index (χ3n) is 4.59. The number of sulfone groups is 1. The molecule has 1 fully saturated rings. The molecule has 1 aromatic rings. The summed E-state index contributed by atoms with van der Waals surface area (Å²) in [6, 6.07) is 4.30. The second kappa shape index (κ2) is 8.57. The molecule has 2 rings (SSSR count). The second-order valence-corrected chi connectivity index (χ2v) is 10.6. The highest BCUT2D eigenvalue weighted by atomic mass is 32.2. The summed E-state index contributed by atoms with van der Waals surface area (Å²) in [5, 5.41) is 2.66. The smallest absolute Gasteiger partial charge is 0.243 e. The van der Waals surface area contributed by atoms with E-state index >= 15 is 0 Å². The molecule has 27 heavy (non-hydrogen) atoms. The fourth-order valence-corrected chi connectivity index (χ4v) is 6.50. The normalized spacial score (nSPS) is 19.2. The molecule has 0 aliphatic carbocycles. The molecule has 0 aromatic heterocycles. The van der Waals surface area contributed by atoms with E-state index in [4.69, 9.17) is 4.74 Å². The molecular weight excluding hydrogens is 392 g/mol. The van der Waals surface area contributed by atoms with Gasteiger partial charge in [0.05, 0.1) is 29.2 Å². The largest absolute Gasteiger partial charge is 0.495 e. The van der Waals surface area contributed by atoms with E-state index in [0.29, 0.717) is 25.3 Å². The number of hydrogen-bond acceptors (Lipinski definition) is 6. The van der Waals surface area contributed by atoms with E-state index in [1.165, 1.54) is 29.6 Å². The number of sulfonamides is 1. The first-order valence-electron chi connectivity index (χ1n) is 8.81. The van der Waals surface area contributed by atoms with E-state index in [0.717, 1.165) is 0 Å². The van der Waals surface area contributed by atoms with E-state index < -0.39 is 19.9 Å². The number of anilines is 1. The number of ether oxygens (including phenoxy) is 1. The van der Waals surface area contributed by atoms with Gasteiger partial charge in [0.25, 0.3) is 0 Å². The Morgan fingerprint density at radius 2 is 1.96 bits per heavy atom. The van der Waals surface area contributed by atoms with Gasteiger partial charge in [0.1, 0.15) is 5.75 Å². The zero-order valence-corrected chi connectivity index (χ0v) is 17.4. The SMILES string of the molecule is CCN(CC)S(=O)(=O)c1ccc(OC)c(NC(=O)CC2CCS(=O)(=O)C2)c1. The molecule has 1 unspecified atom stereocenters. The van der Waals surface area contributed by atoms with Crippen LogP contribution in [0.5, 0.6) is 5.75 Å². The lowest BCUT2D eigenvalue weighted by atomic mass is 10.0.